The largest absolute Gasteiger partial charge is 0.329 e. The Bertz CT molecular complexity index is 544. The van der Waals surface area contributed by atoms with Crippen LogP contribution < -0.4 is 10.5 Å². The molecular weight excluding hydrogens is 262 g/mol. The van der Waals surface area contributed by atoms with Crippen molar-refractivity contribution >= 4 is 10.0 Å². The molecule has 100 valence electrons. The highest BCUT2D eigenvalue weighted by molar-refractivity contribution is 7.89. The first-order valence-corrected chi connectivity index (χ1v) is 7.10. The van der Waals surface area contributed by atoms with E-state index >= 15 is 0 Å². The molecule has 1 fully saturated rings. The maximum absolute atomic E-state index is 13.4. The number of hydrogen-bond donors (Lipinski definition) is 2. The number of hydrogen-bond acceptors (Lipinski definition) is 3. The third kappa shape index (κ3) is 2.68. The van der Waals surface area contributed by atoms with Gasteiger partial charge in [0, 0.05) is 12.6 Å². The van der Waals surface area contributed by atoms with E-state index in [4.69, 9.17) is 5.73 Å². The minimum absolute atomic E-state index is 0.140. The standard InChI is InChI=1S/C11H14F2N2O2S/c12-8-2-1-3-10(11(8)13)18(16,17)15-9(6-14)7-4-5-7/h1-3,7,9,15H,4-6,14H2/t9-/m0/s1. The minimum atomic E-state index is -4.07. The Hall–Kier alpha value is -1.05. The zero-order valence-electron chi connectivity index (χ0n) is 9.57. The fraction of sp³-hybridized carbons (Fsp3) is 0.455. The van der Waals surface area contributed by atoms with Crippen molar-refractivity contribution < 1.29 is 17.2 Å². The molecule has 18 heavy (non-hydrogen) atoms. The van der Waals surface area contributed by atoms with Crippen molar-refractivity contribution in [3.63, 3.8) is 0 Å². The van der Waals surface area contributed by atoms with Crippen LogP contribution in [0.1, 0.15) is 12.8 Å². The smallest absolute Gasteiger partial charge is 0.243 e. The van der Waals surface area contributed by atoms with Crippen LogP contribution in [0, 0.1) is 17.6 Å². The summed E-state index contributed by atoms with van der Waals surface area (Å²) in [5, 5.41) is 0. The van der Waals surface area contributed by atoms with E-state index in [9.17, 15) is 17.2 Å². The molecule has 1 atom stereocenters. The van der Waals surface area contributed by atoms with Crippen LogP contribution in [0.25, 0.3) is 0 Å². The summed E-state index contributed by atoms with van der Waals surface area (Å²) in [5.74, 6) is -2.36. The van der Waals surface area contributed by atoms with Crippen LogP contribution in [0.5, 0.6) is 0 Å². The molecule has 2 rings (SSSR count). The lowest BCUT2D eigenvalue weighted by Crippen LogP contribution is -2.41. The van der Waals surface area contributed by atoms with Gasteiger partial charge in [0.1, 0.15) is 4.90 Å². The van der Waals surface area contributed by atoms with Crippen molar-refractivity contribution in [2.75, 3.05) is 6.54 Å². The molecular formula is C11H14F2N2O2S. The van der Waals surface area contributed by atoms with Crippen molar-refractivity contribution in [1.82, 2.24) is 4.72 Å². The molecule has 3 N–H and O–H groups in total. The Morgan fingerprint density at radius 3 is 2.61 bits per heavy atom. The normalized spacial score (nSPS) is 17.7. The molecule has 4 nitrogen and oxygen atoms in total. The van der Waals surface area contributed by atoms with Gasteiger partial charge in [-0.2, -0.15) is 0 Å². The molecule has 1 aliphatic rings. The van der Waals surface area contributed by atoms with Crippen molar-refractivity contribution in [2.24, 2.45) is 11.7 Å². The van der Waals surface area contributed by atoms with Gasteiger partial charge in [-0.25, -0.2) is 21.9 Å². The van der Waals surface area contributed by atoms with Crippen molar-refractivity contribution in [3.8, 4) is 0 Å². The van der Waals surface area contributed by atoms with Gasteiger partial charge in [0.2, 0.25) is 10.0 Å². The maximum atomic E-state index is 13.4. The molecule has 0 spiro atoms. The van der Waals surface area contributed by atoms with E-state index < -0.39 is 32.6 Å². The van der Waals surface area contributed by atoms with Crippen LogP contribution in [-0.2, 0) is 10.0 Å². The summed E-state index contributed by atoms with van der Waals surface area (Å²) in [6.45, 7) is 0.140. The van der Waals surface area contributed by atoms with Crippen LogP contribution in [0.3, 0.4) is 0 Å². The highest BCUT2D eigenvalue weighted by Gasteiger charge is 2.34. The summed E-state index contributed by atoms with van der Waals surface area (Å²) in [4.78, 5) is -0.679. The first-order chi connectivity index (χ1) is 8.45. The summed E-state index contributed by atoms with van der Waals surface area (Å²) in [5.41, 5.74) is 5.47. The van der Waals surface area contributed by atoms with Gasteiger partial charge < -0.3 is 5.73 Å². The predicted molar refractivity (Wildman–Crippen MR) is 62.2 cm³/mol. The van der Waals surface area contributed by atoms with Crippen molar-refractivity contribution in [1.29, 1.82) is 0 Å². The first-order valence-electron chi connectivity index (χ1n) is 5.62. The van der Waals surface area contributed by atoms with Crippen LogP contribution >= 0.6 is 0 Å². The summed E-state index contributed by atoms with van der Waals surface area (Å²) in [6.07, 6.45) is 1.80. The van der Waals surface area contributed by atoms with Crippen LogP contribution in [0.4, 0.5) is 8.78 Å². The van der Waals surface area contributed by atoms with E-state index in [1.165, 1.54) is 0 Å². The van der Waals surface area contributed by atoms with Crippen LogP contribution in [0.2, 0.25) is 0 Å². The summed E-state index contributed by atoms with van der Waals surface area (Å²) in [6, 6.07) is 2.64. The van der Waals surface area contributed by atoms with Gasteiger partial charge in [-0.3, -0.25) is 0 Å². The Kier molecular flexibility index (Phi) is 3.65. The second-order valence-corrected chi connectivity index (χ2v) is 6.04. The average Bonchev–Trinajstić information content (AvgIpc) is 3.13. The molecule has 1 aromatic rings. The van der Waals surface area contributed by atoms with E-state index in [1.807, 2.05) is 0 Å². The summed E-state index contributed by atoms with van der Waals surface area (Å²) >= 11 is 0. The van der Waals surface area contributed by atoms with Crippen molar-refractivity contribution in [2.45, 2.75) is 23.8 Å². The fourth-order valence-electron chi connectivity index (χ4n) is 1.79. The second-order valence-electron chi connectivity index (χ2n) is 4.35. The second kappa shape index (κ2) is 4.91. The van der Waals surface area contributed by atoms with Gasteiger partial charge in [-0.15, -0.1) is 0 Å². The van der Waals surface area contributed by atoms with E-state index in [0.29, 0.717) is 0 Å². The van der Waals surface area contributed by atoms with Crippen LogP contribution in [-0.4, -0.2) is 21.0 Å². The molecule has 0 aliphatic heterocycles. The molecule has 0 unspecified atom stereocenters. The first kappa shape index (κ1) is 13.4. The quantitative estimate of drug-likeness (QED) is 0.842. The van der Waals surface area contributed by atoms with E-state index in [2.05, 4.69) is 4.72 Å². The highest BCUT2D eigenvalue weighted by atomic mass is 32.2. The molecule has 0 radical (unpaired) electrons. The SMILES string of the molecule is NC[C@H](NS(=O)(=O)c1cccc(F)c1F)C1CC1. The fourth-order valence-corrected chi connectivity index (χ4v) is 3.20. The Morgan fingerprint density at radius 1 is 1.39 bits per heavy atom. The molecule has 7 heteroatoms. The lowest BCUT2D eigenvalue weighted by atomic mass is 10.2. The van der Waals surface area contributed by atoms with E-state index in [-0.39, 0.29) is 12.5 Å². The van der Waals surface area contributed by atoms with Gasteiger partial charge >= 0.3 is 0 Å². The topological polar surface area (TPSA) is 72.2 Å². The number of nitrogens with two attached hydrogens (primary N) is 1. The molecule has 1 aromatic carbocycles. The molecule has 0 heterocycles. The van der Waals surface area contributed by atoms with E-state index in [0.717, 1.165) is 31.0 Å². The summed E-state index contributed by atoms with van der Waals surface area (Å²) in [7, 11) is -4.07. The zero-order valence-corrected chi connectivity index (χ0v) is 10.4. The number of sulfonamides is 1. The Labute approximate surface area is 104 Å². The lowest BCUT2D eigenvalue weighted by Gasteiger charge is -2.16. The molecule has 0 aromatic heterocycles. The van der Waals surface area contributed by atoms with Gasteiger partial charge in [0.05, 0.1) is 0 Å². The van der Waals surface area contributed by atoms with E-state index in [1.54, 1.807) is 0 Å². The van der Waals surface area contributed by atoms with Crippen LogP contribution in [0.15, 0.2) is 23.1 Å². The number of benzene rings is 1. The van der Waals surface area contributed by atoms with Crippen molar-refractivity contribution in [3.05, 3.63) is 29.8 Å². The van der Waals surface area contributed by atoms with Gasteiger partial charge in [0.25, 0.3) is 0 Å². The molecule has 0 saturated heterocycles. The zero-order chi connectivity index (χ0) is 13.3. The van der Waals surface area contributed by atoms with Gasteiger partial charge in [-0.1, -0.05) is 6.07 Å². The maximum Gasteiger partial charge on any atom is 0.243 e. The molecule has 0 amide bonds. The molecule has 0 bridgehead atoms. The average molecular weight is 276 g/mol. The van der Waals surface area contributed by atoms with Gasteiger partial charge in [0.15, 0.2) is 11.6 Å². The Morgan fingerprint density at radius 2 is 2.06 bits per heavy atom. The molecule has 1 saturated carbocycles. The highest BCUT2D eigenvalue weighted by Crippen LogP contribution is 2.33. The number of rotatable bonds is 5. The summed E-state index contributed by atoms with van der Waals surface area (Å²) < 4.78 is 52.6. The number of halogens is 2. The minimum Gasteiger partial charge on any atom is -0.329 e. The third-order valence-corrected chi connectivity index (χ3v) is 4.46. The van der Waals surface area contributed by atoms with Gasteiger partial charge in [-0.05, 0) is 30.9 Å². The predicted octanol–water partition coefficient (Wildman–Crippen LogP) is 0.980. The lowest BCUT2D eigenvalue weighted by molar-refractivity contribution is 0.476. The molecule has 1 aliphatic carbocycles. The third-order valence-electron chi connectivity index (χ3n) is 2.96. The monoisotopic (exact) mass is 276 g/mol. The Balaban J connectivity index is 2.27. The number of nitrogens with one attached hydrogen (secondary N) is 1.